The van der Waals surface area contributed by atoms with E-state index in [2.05, 4.69) is 0 Å². The van der Waals surface area contributed by atoms with Gasteiger partial charge in [0, 0.05) is 23.7 Å². The van der Waals surface area contributed by atoms with Crippen molar-refractivity contribution in [3.63, 3.8) is 0 Å². The standard InChI is InChI=1S/C31H32Cl2O6S2/c1-17(2)10-13-25(20-16-24(36)27-22(34)11-12-23(35)28(27)30(20)38)39-26(37)9-4-3-6-18-14-15-40-31(41-18)19-7-5-8-21(32)29(19)33/h5,7-8,10-12,16,18,25,31,34-35H,3-4,6,9,13-15H2,1-2H3/t18-,25-,31?/m1/s1. The van der Waals surface area contributed by atoms with Crippen LogP contribution in [0.1, 0.15) is 83.2 Å². The normalized spacial score (nSPS) is 19.3. The van der Waals surface area contributed by atoms with Crippen LogP contribution in [0.4, 0.5) is 0 Å². The number of halogens is 2. The summed E-state index contributed by atoms with van der Waals surface area (Å²) in [4.78, 5) is 38.9. The number of hydrogen-bond donors (Lipinski definition) is 2. The van der Waals surface area contributed by atoms with E-state index in [1.807, 2.05) is 55.6 Å². The third-order valence-electron chi connectivity index (χ3n) is 6.96. The van der Waals surface area contributed by atoms with Crippen LogP contribution in [-0.4, -0.2) is 44.9 Å². The molecule has 3 atom stereocenters. The van der Waals surface area contributed by atoms with Gasteiger partial charge in [-0.05, 0) is 68.7 Å². The fourth-order valence-electron chi connectivity index (χ4n) is 4.83. The molecular formula is C31H32Cl2O6S2. The minimum Gasteiger partial charge on any atom is -0.507 e. The summed E-state index contributed by atoms with van der Waals surface area (Å²) >= 11 is 16.4. The van der Waals surface area contributed by atoms with Gasteiger partial charge < -0.3 is 14.9 Å². The van der Waals surface area contributed by atoms with E-state index in [0.29, 0.717) is 21.7 Å². The molecule has 2 N–H and O–H groups in total. The molecule has 0 spiro atoms. The number of ketones is 2. The predicted octanol–water partition coefficient (Wildman–Crippen LogP) is 8.48. The number of allylic oxidation sites excluding steroid dienone is 2. The molecular weight excluding hydrogens is 603 g/mol. The summed E-state index contributed by atoms with van der Waals surface area (Å²) in [6.45, 7) is 3.76. The van der Waals surface area contributed by atoms with Gasteiger partial charge in [-0.3, -0.25) is 14.4 Å². The van der Waals surface area contributed by atoms with Crippen molar-refractivity contribution in [2.75, 3.05) is 5.75 Å². The monoisotopic (exact) mass is 634 g/mol. The molecule has 0 bridgehead atoms. The zero-order chi connectivity index (χ0) is 29.7. The lowest BCUT2D eigenvalue weighted by atomic mass is 9.85. The molecule has 0 saturated carbocycles. The van der Waals surface area contributed by atoms with Gasteiger partial charge in [0.15, 0.2) is 11.6 Å². The summed E-state index contributed by atoms with van der Waals surface area (Å²) < 4.78 is 5.95. The van der Waals surface area contributed by atoms with Crippen molar-refractivity contribution in [2.45, 2.75) is 68.3 Å². The van der Waals surface area contributed by atoms with Crippen LogP contribution >= 0.6 is 46.7 Å². The van der Waals surface area contributed by atoms with Crippen molar-refractivity contribution >= 4 is 64.3 Å². The molecule has 41 heavy (non-hydrogen) atoms. The molecule has 2 aromatic rings. The largest absolute Gasteiger partial charge is 0.507 e. The van der Waals surface area contributed by atoms with Gasteiger partial charge in [0.05, 0.1) is 25.8 Å². The second-order valence-electron chi connectivity index (χ2n) is 10.3. The van der Waals surface area contributed by atoms with Crippen molar-refractivity contribution in [2.24, 2.45) is 0 Å². The Labute approximate surface area is 258 Å². The molecule has 2 aromatic carbocycles. The molecule has 1 heterocycles. The fraction of sp³-hybridized carbons (Fsp3) is 0.387. The number of ether oxygens (including phenoxy) is 1. The van der Waals surface area contributed by atoms with E-state index in [1.54, 1.807) is 6.07 Å². The number of unbranched alkanes of at least 4 members (excludes halogenated alkanes) is 1. The minimum absolute atomic E-state index is 0.0175. The van der Waals surface area contributed by atoms with E-state index >= 15 is 0 Å². The zero-order valence-electron chi connectivity index (χ0n) is 22.8. The minimum atomic E-state index is -0.988. The van der Waals surface area contributed by atoms with Crippen molar-refractivity contribution < 1.29 is 29.3 Å². The summed E-state index contributed by atoms with van der Waals surface area (Å²) in [6.07, 6.45) is 5.82. The van der Waals surface area contributed by atoms with Crippen molar-refractivity contribution in [1.29, 1.82) is 0 Å². The van der Waals surface area contributed by atoms with E-state index in [-0.39, 0.29) is 39.9 Å². The van der Waals surface area contributed by atoms with Gasteiger partial charge in [-0.15, -0.1) is 23.5 Å². The SMILES string of the molecule is CC(C)=CC[C@@H](OC(=O)CCCC[C@@H]1CCSC(c2cccc(Cl)c2Cl)S1)C1=CC(=O)c2c(O)ccc(O)c2C1=O. The van der Waals surface area contributed by atoms with Crippen LogP contribution in [0, 0.1) is 0 Å². The lowest BCUT2D eigenvalue weighted by molar-refractivity contribution is -0.147. The summed E-state index contributed by atoms with van der Waals surface area (Å²) in [5, 5.41) is 22.0. The zero-order valence-corrected chi connectivity index (χ0v) is 26.0. The molecule has 0 amide bonds. The number of aromatic hydroxyl groups is 2. The fourth-order valence-corrected chi connectivity index (χ4v) is 8.86. The smallest absolute Gasteiger partial charge is 0.306 e. The van der Waals surface area contributed by atoms with Gasteiger partial charge in [-0.2, -0.15) is 0 Å². The molecule has 1 saturated heterocycles. The van der Waals surface area contributed by atoms with Crippen LogP contribution in [0.5, 0.6) is 11.5 Å². The predicted molar refractivity (Wildman–Crippen MR) is 167 cm³/mol. The third-order valence-corrected chi connectivity index (χ3v) is 10.9. The molecule has 0 radical (unpaired) electrons. The average molecular weight is 636 g/mol. The van der Waals surface area contributed by atoms with Crippen molar-refractivity contribution in [1.82, 2.24) is 0 Å². The number of Topliss-reactive ketones (excluding diaryl/α,β-unsaturated/α-hetero) is 1. The van der Waals surface area contributed by atoms with E-state index in [9.17, 15) is 24.6 Å². The third kappa shape index (κ3) is 7.72. The van der Waals surface area contributed by atoms with Crippen LogP contribution < -0.4 is 0 Å². The molecule has 0 aromatic heterocycles. The summed E-state index contributed by atoms with van der Waals surface area (Å²) in [5.41, 5.74) is 1.47. The van der Waals surface area contributed by atoms with E-state index in [1.165, 1.54) is 0 Å². The quantitative estimate of drug-likeness (QED) is 0.116. The highest BCUT2D eigenvalue weighted by Crippen LogP contribution is 2.51. The Balaban J connectivity index is 1.35. The number of benzene rings is 2. The van der Waals surface area contributed by atoms with Gasteiger partial charge in [0.1, 0.15) is 17.6 Å². The number of fused-ring (bicyclic) bond motifs is 1. The van der Waals surface area contributed by atoms with Crippen LogP contribution in [0.25, 0.3) is 0 Å². The molecule has 1 fully saturated rings. The molecule has 218 valence electrons. The number of thioether (sulfide) groups is 2. The lowest BCUT2D eigenvalue weighted by Crippen LogP contribution is -2.29. The second kappa shape index (κ2) is 14.2. The first-order valence-corrected chi connectivity index (χ1v) is 16.2. The molecule has 2 aliphatic rings. The molecule has 6 nitrogen and oxygen atoms in total. The Morgan fingerprint density at radius 2 is 1.83 bits per heavy atom. The highest BCUT2D eigenvalue weighted by atomic mass is 35.5. The molecule has 1 unspecified atom stereocenters. The Kier molecular flexibility index (Phi) is 10.9. The lowest BCUT2D eigenvalue weighted by Gasteiger charge is -2.29. The van der Waals surface area contributed by atoms with Crippen molar-refractivity contribution in [3.05, 3.63) is 80.4 Å². The number of hydrogen-bond acceptors (Lipinski definition) is 8. The molecule has 1 aliphatic carbocycles. The highest BCUT2D eigenvalue weighted by Gasteiger charge is 2.35. The number of esters is 1. The van der Waals surface area contributed by atoms with Gasteiger partial charge in [0.25, 0.3) is 0 Å². The highest BCUT2D eigenvalue weighted by molar-refractivity contribution is 8.17. The average Bonchev–Trinajstić information content (AvgIpc) is 2.94. The number of phenolic OH excluding ortho intramolecular Hbond substituents is 2. The Morgan fingerprint density at radius 3 is 2.56 bits per heavy atom. The number of phenols is 2. The van der Waals surface area contributed by atoms with Crippen molar-refractivity contribution in [3.8, 4) is 11.5 Å². The Bertz CT molecular complexity index is 1400. The Morgan fingerprint density at radius 1 is 1.10 bits per heavy atom. The van der Waals surface area contributed by atoms with E-state index in [0.717, 1.165) is 54.4 Å². The van der Waals surface area contributed by atoms with Crippen LogP contribution in [0.2, 0.25) is 10.0 Å². The maximum Gasteiger partial charge on any atom is 0.306 e. The Hall–Kier alpha value is -2.39. The maximum atomic E-state index is 13.3. The molecule has 10 heteroatoms. The second-order valence-corrected chi connectivity index (χ2v) is 14.0. The topological polar surface area (TPSA) is 101 Å². The number of carbonyl (C=O) groups is 3. The summed E-state index contributed by atoms with van der Waals surface area (Å²) in [5.74, 6) is -1.50. The van der Waals surface area contributed by atoms with Gasteiger partial charge in [-0.1, -0.05) is 53.4 Å². The van der Waals surface area contributed by atoms with Crippen LogP contribution in [0.15, 0.2) is 53.6 Å². The first-order valence-electron chi connectivity index (χ1n) is 13.5. The van der Waals surface area contributed by atoms with E-state index < -0.39 is 29.4 Å². The van der Waals surface area contributed by atoms with Gasteiger partial charge in [-0.25, -0.2) is 0 Å². The van der Waals surface area contributed by atoms with Crippen LogP contribution in [-0.2, 0) is 9.53 Å². The first-order chi connectivity index (χ1) is 19.6. The van der Waals surface area contributed by atoms with Gasteiger partial charge >= 0.3 is 5.97 Å². The summed E-state index contributed by atoms with van der Waals surface area (Å²) in [6, 6.07) is 8.05. The van der Waals surface area contributed by atoms with E-state index in [4.69, 9.17) is 27.9 Å². The van der Waals surface area contributed by atoms with Gasteiger partial charge in [0.2, 0.25) is 0 Å². The summed E-state index contributed by atoms with van der Waals surface area (Å²) in [7, 11) is 0. The molecule has 4 rings (SSSR count). The molecule has 1 aliphatic heterocycles. The maximum absolute atomic E-state index is 13.3. The van der Waals surface area contributed by atoms with Crippen LogP contribution in [0.3, 0.4) is 0 Å². The number of rotatable bonds is 10. The first kappa shape index (κ1) is 31.5. The number of carbonyl (C=O) groups excluding carboxylic acids is 3.